The molecule has 0 aliphatic rings. The van der Waals surface area contributed by atoms with Crippen LogP contribution in [0.15, 0.2) is 38.2 Å². The standard InChI is InChI=1S/C10H8Br3NO/c1-6(11)5-14-10(15)7-2-8(12)4-9(13)3-7/h2-4H,1,5H2,(H,14,15). The van der Waals surface area contributed by atoms with E-state index in [0.29, 0.717) is 12.1 Å². The van der Waals surface area contributed by atoms with E-state index in [1.165, 1.54) is 0 Å². The summed E-state index contributed by atoms with van der Waals surface area (Å²) < 4.78 is 2.46. The number of halogens is 3. The molecule has 1 amide bonds. The number of nitrogens with one attached hydrogen (secondary N) is 1. The lowest BCUT2D eigenvalue weighted by molar-refractivity contribution is 0.0957. The van der Waals surface area contributed by atoms with Crippen LogP contribution in [0.5, 0.6) is 0 Å². The fourth-order valence-corrected chi connectivity index (χ4v) is 2.40. The minimum absolute atomic E-state index is 0.127. The topological polar surface area (TPSA) is 29.1 Å². The molecule has 0 atom stereocenters. The molecule has 0 radical (unpaired) electrons. The number of hydrogen-bond donors (Lipinski definition) is 1. The highest BCUT2D eigenvalue weighted by Crippen LogP contribution is 2.20. The van der Waals surface area contributed by atoms with Gasteiger partial charge in [0, 0.05) is 25.5 Å². The van der Waals surface area contributed by atoms with E-state index in [0.717, 1.165) is 13.4 Å². The van der Waals surface area contributed by atoms with E-state index >= 15 is 0 Å². The van der Waals surface area contributed by atoms with Gasteiger partial charge in [-0.1, -0.05) is 54.4 Å². The Bertz CT molecular complexity index is 383. The van der Waals surface area contributed by atoms with Crippen molar-refractivity contribution in [2.45, 2.75) is 0 Å². The molecule has 0 heterocycles. The maximum absolute atomic E-state index is 11.6. The van der Waals surface area contributed by atoms with Gasteiger partial charge in [-0.2, -0.15) is 0 Å². The third-order valence-electron chi connectivity index (χ3n) is 1.57. The Morgan fingerprint density at radius 1 is 1.27 bits per heavy atom. The van der Waals surface area contributed by atoms with E-state index < -0.39 is 0 Å². The van der Waals surface area contributed by atoms with Crippen molar-refractivity contribution in [3.8, 4) is 0 Å². The normalized spacial score (nSPS) is 9.80. The highest BCUT2D eigenvalue weighted by Gasteiger charge is 2.06. The highest BCUT2D eigenvalue weighted by atomic mass is 79.9. The summed E-state index contributed by atoms with van der Waals surface area (Å²) in [5.41, 5.74) is 0.602. The van der Waals surface area contributed by atoms with E-state index in [4.69, 9.17) is 0 Å². The van der Waals surface area contributed by atoms with Gasteiger partial charge in [0.1, 0.15) is 0 Å². The lowest BCUT2D eigenvalue weighted by atomic mass is 10.2. The molecule has 0 saturated heterocycles. The Balaban J connectivity index is 2.77. The molecular formula is C10H8Br3NO. The van der Waals surface area contributed by atoms with Gasteiger partial charge in [0.25, 0.3) is 5.91 Å². The summed E-state index contributed by atoms with van der Waals surface area (Å²) in [7, 11) is 0. The van der Waals surface area contributed by atoms with Crippen molar-refractivity contribution in [1.82, 2.24) is 5.32 Å². The maximum Gasteiger partial charge on any atom is 0.251 e. The van der Waals surface area contributed by atoms with Crippen LogP contribution < -0.4 is 5.32 Å². The van der Waals surface area contributed by atoms with Crippen molar-refractivity contribution in [1.29, 1.82) is 0 Å². The largest absolute Gasteiger partial charge is 0.347 e. The Morgan fingerprint density at radius 3 is 2.27 bits per heavy atom. The highest BCUT2D eigenvalue weighted by molar-refractivity contribution is 9.11. The van der Waals surface area contributed by atoms with E-state index in [-0.39, 0.29) is 5.91 Å². The third kappa shape index (κ3) is 4.49. The first-order valence-electron chi connectivity index (χ1n) is 4.06. The minimum atomic E-state index is -0.127. The number of amides is 1. The number of carbonyl (C=O) groups is 1. The molecule has 0 fully saturated rings. The van der Waals surface area contributed by atoms with Crippen molar-refractivity contribution in [2.24, 2.45) is 0 Å². The van der Waals surface area contributed by atoms with Crippen LogP contribution in [-0.2, 0) is 0 Å². The Morgan fingerprint density at radius 2 is 1.80 bits per heavy atom. The van der Waals surface area contributed by atoms with Crippen LogP contribution in [0.3, 0.4) is 0 Å². The van der Waals surface area contributed by atoms with Crippen molar-refractivity contribution in [2.75, 3.05) is 6.54 Å². The zero-order chi connectivity index (χ0) is 11.4. The van der Waals surface area contributed by atoms with Gasteiger partial charge in [-0.3, -0.25) is 4.79 Å². The fraction of sp³-hybridized carbons (Fsp3) is 0.100. The molecule has 0 aromatic heterocycles. The van der Waals surface area contributed by atoms with Crippen LogP contribution in [0.4, 0.5) is 0 Å². The summed E-state index contributed by atoms with van der Waals surface area (Å²) in [5.74, 6) is -0.127. The lowest BCUT2D eigenvalue weighted by Gasteiger charge is -2.05. The predicted molar refractivity (Wildman–Crippen MR) is 72.2 cm³/mol. The Hall–Kier alpha value is -0.130. The summed E-state index contributed by atoms with van der Waals surface area (Å²) in [6, 6.07) is 5.40. The summed E-state index contributed by atoms with van der Waals surface area (Å²) >= 11 is 9.83. The van der Waals surface area contributed by atoms with Crippen LogP contribution in [0.2, 0.25) is 0 Å². The molecule has 1 N–H and O–H groups in total. The molecule has 0 bridgehead atoms. The molecule has 0 aliphatic carbocycles. The van der Waals surface area contributed by atoms with E-state index in [9.17, 15) is 4.79 Å². The first kappa shape index (κ1) is 12.9. The molecule has 15 heavy (non-hydrogen) atoms. The Kier molecular flexibility index (Phi) is 5.02. The van der Waals surface area contributed by atoms with E-state index in [1.807, 2.05) is 6.07 Å². The molecule has 0 spiro atoms. The van der Waals surface area contributed by atoms with Gasteiger partial charge in [-0.15, -0.1) is 0 Å². The average Bonchev–Trinajstić information content (AvgIpc) is 2.12. The van der Waals surface area contributed by atoms with Gasteiger partial charge in [-0.05, 0) is 18.2 Å². The van der Waals surface area contributed by atoms with Crippen molar-refractivity contribution in [3.63, 3.8) is 0 Å². The zero-order valence-electron chi connectivity index (χ0n) is 7.69. The smallest absolute Gasteiger partial charge is 0.251 e. The molecule has 1 rings (SSSR count). The lowest BCUT2D eigenvalue weighted by Crippen LogP contribution is -2.24. The molecular weight excluding hydrogens is 390 g/mol. The molecule has 1 aromatic carbocycles. The SMILES string of the molecule is C=C(Br)CNC(=O)c1cc(Br)cc(Br)c1. The van der Waals surface area contributed by atoms with E-state index in [2.05, 4.69) is 59.7 Å². The summed E-state index contributed by atoms with van der Waals surface area (Å²) in [5, 5.41) is 2.73. The first-order chi connectivity index (χ1) is 6.99. The van der Waals surface area contributed by atoms with Gasteiger partial charge >= 0.3 is 0 Å². The zero-order valence-corrected chi connectivity index (χ0v) is 12.4. The Labute approximate surface area is 114 Å². The van der Waals surface area contributed by atoms with Crippen molar-refractivity contribution < 1.29 is 4.79 Å². The molecule has 5 heteroatoms. The van der Waals surface area contributed by atoms with Crippen LogP contribution >= 0.6 is 47.8 Å². The maximum atomic E-state index is 11.6. The minimum Gasteiger partial charge on any atom is -0.347 e. The number of hydrogen-bond acceptors (Lipinski definition) is 1. The first-order valence-corrected chi connectivity index (χ1v) is 6.44. The van der Waals surface area contributed by atoms with Crippen molar-refractivity contribution in [3.05, 3.63) is 43.8 Å². The summed E-state index contributed by atoms with van der Waals surface area (Å²) in [6.45, 7) is 4.06. The number of rotatable bonds is 3. The molecule has 2 nitrogen and oxygen atoms in total. The molecule has 1 aromatic rings. The molecule has 80 valence electrons. The molecule has 0 unspecified atom stereocenters. The fourth-order valence-electron chi connectivity index (χ4n) is 0.963. The van der Waals surface area contributed by atoms with Gasteiger partial charge in [-0.25, -0.2) is 0 Å². The second kappa shape index (κ2) is 5.82. The quantitative estimate of drug-likeness (QED) is 0.824. The van der Waals surface area contributed by atoms with Crippen LogP contribution in [-0.4, -0.2) is 12.5 Å². The average molecular weight is 398 g/mol. The monoisotopic (exact) mass is 395 g/mol. The van der Waals surface area contributed by atoms with E-state index in [1.54, 1.807) is 12.1 Å². The van der Waals surface area contributed by atoms with Crippen LogP contribution in [0, 0.1) is 0 Å². The van der Waals surface area contributed by atoms with Crippen LogP contribution in [0.1, 0.15) is 10.4 Å². The van der Waals surface area contributed by atoms with Gasteiger partial charge in [0.2, 0.25) is 0 Å². The second-order valence-corrected chi connectivity index (χ2v) is 5.81. The van der Waals surface area contributed by atoms with Crippen LogP contribution in [0.25, 0.3) is 0 Å². The number of benzene rings is 1. The third-order valence-corrected chi connectivity index (χ3v) is 2.76. The summed E-state index contributed by atoms with van der Waals surface area (Å²) in [4.78, 5) is 11.6. The predicted octanol–water partition coefficient (Wildman–Crippen LogP) is 3.85. The summed E-state index contributed by atoms with van der Waals surface area (Å²) in [6.07, 6.45) is 0. The number of carbonyl (C=O) groups excluding carboxylic acids is 1. The molecule has 0 aliphatic heterocycles. The van der Waals surface area contributed by atoms with Gasteiger partial charge in [0.15, 0.2) is 0 Å². The van der Waals surface area contributed by atoms with Crippen molar-refractivity contribution >= 4 is 53.7 Å². The van der Waals surface area contributed by atoms with Gasteiger partial charge in [0.05, 0.1) is 0 Å². The van der Waals surface area contributed by atoms with Gasteiger partial charge < -0.3 is 5.32 Å². The molecule has 0 saturated carbocycles. The second-order valence-electron chi connectivity index (χ2n) is 2.86.